The Morgan fingerprint density at radius 3 is 2.58 bits per heavy atom. The molecule has 24 heavy (non-hydrogen) atoms. The minimum absolute atomic E-state index is 0.284. The van der Waals surface area contributed by atoms with E-state index < -0.39 is 28.9 Å². The number of benzene rings is 2. The van der Waals surface area contributed by atoms with Crippen LogP contribution in [-0.4, -0.2) is 17.4 Å². The summed E-state index contributed by atoms with van der Waals surface area (Å²) in [6.45, 7) is 1.62. The molecule has 2 rings (SSSR count). The SMILES string of the molecule is CCCc1ccc(NC(=O)COc2cc(F)ccc2[N+](=O)[O-])cc1. The van der Waals surface area contributed by atoms with Gasteiger partial charge >= 0.3 is 5.69 Å². The number of halogens is 1. The minimum atomic E-state index is -0.695. The second kappa shape index (κ2) is 8.05. The third-order valence-electron chi connectivity index (χ3n) is 3.25. The Morgan fingerprint density at radius 1 is 1.25 bits per heavy atom. The van der Waals surface area contributed by atoms with Gasteiger partial charge in [-0.3, -0.25) is 14.9 Å². The maximum absolute atomic E-state index is 13.2. The van der Waals surface area contributed by atoms with Gasteiger partial charge in [-0.15, -0.1) is 0 Å². The van der Waals surface area contributed by atoms with Gasteiger partial charge in [0.25, 0.3) is 5.91 Å². The fraction of sp³-hybridized carbons (Fsp3) is 0.235. The Balaban J connectivity index is 1.96. The van der Waals surface area contributed by atoms with Crippen LogP contribution in [0.3, 0.4) is 0 Å². The Hall–Kier alpha value is -2.96. The molecule has 7 heteroatoms. The van der Waals surface area contributed by atoms with Gasteiger partial charge in [-0.25, -0.2) is 4.39 Å². The topological polar surface area (TPSA) is 81.5 Å². The van der Waals surface area contributed by atoms with Crippen LogP contribution in [0.5, 0.6) is 5.75 Å². The molecule has 0 radical (unpaired) electrons. The van der Waals surface area contributed by atoms with Gasteiger partial charge in [0.15, 0.2) is 6.61 Å². The Morgan fingerprint density at radius 2 is 1.96 bits per heavy atom. The summed E-state index contributed by atoms with van der Waals surface area (Å²) in [4.78, 5) is 22.0. The van der Waals surface area contributed by atoms with Crippen molar-refractivity contribution in [1.29, 1.82) is 0 Å². The van der Waals surface area contributed by atoms with Crippen molar-refractivity contribution in [3.05, 3.63) is 64.0 Å². The fourth-order valence-electron chi connectivity index (χ4n) is 2.14. The van der Waals surface area contributed by atoms with Crippen LogP contribution in [0.15, 0.2) is 42.5 Å². The first-order valence-corrected chi connectivity index (χ1v) is 7.45. The number of amides is 1. The molecule has 6 nitrogen and oxygen atoms in total. The van der Waals surface area contributed by atoms with E-state index in [4.69, 9.17) is 4.74 Å². The van der Waals surface area contributed by atoms with Crippen LogP contribution < -0.4 is 10.1 Å². The van der Waals surface area contributed by atoms with E-state index in [1.807, 2.05) is 12.1 Å². The van der Waals surface area contributed by atoms with Crippen molar-refractivity contribution in [2.45, 2.75) is 19.8 Å². The number of nitro benzene ring substituents is 1. The second-order valence-electron chi connectivity index (χ2n) is 5.15. The van der Waals surface area contributed by atoms with Crippen molar-refractivity contribution in [2.24, 2.45) is 0 Å². The maximum Gasteiger partial charge on any atom is 0.311 e. The Labute approximate surface area is 138 Å². The van der Waals surface area contributed by atoms with Crippen LogP contribution in [-0.2, 0) is 11.2 Å². The maximum atomic E-state index is 13.2. The number of aryl methyl sites for hydroxylation is 1. The minimum Gasteiger partial charge on any atom is -0.477 e. The quantitative estimate of drug-likeness (QED) is 0.619. The molecule has 0 bridgehead atoms. The second-order valence-corrected chi connectivity index (χ2v) is 5.15. The van der Waals surface area contributed by atoms with Crippen molar-refractivity contribution in [1.82, 2.24) is 0 Å². The fourth-order valence-corrected chi connectivity index (χ4v) is 2.14. The molecule has 126 valence electrons. The van der Waals surface area contributed by atoms with Crippen molar-refractivity contribution in [3.8, 4) is 5.75 Å². The van der Waals surface area contributed by atoms with Gasteiger partial charge in [0, 0.05) is 17.8 Å². The predicted octanol–water partition coefficient (Wildman–Crippen LogP) is 3.70. The number of hydrogen-bond acceptors (Lipinski definition) is 4. The first-order chi connectivity index (χ1) is 11.5. The number of nitro groups is 1. The highest BCUT2D eigenvalue weighted by molar-refractivity contribution is 5.91. The average Bonchev–Trinajstić information content (AvgIpc) is 2.55. The van der Waals surface area contributed by atoms with Crippen LogP contribution in [0.1, 0.15) is 18.9 Å². The number of ether oxygens (including phenoxy) is 1. The number of hydrogen-bond donors (Lipinski definition) is 1. The first kappa shape index (κ1) is 17.4. The van der Waals surface area contributed by atoms with E-state index in [2.05, 4.69) is 12.2 Å². The molecular formula is C17H17FN2O4. The summed E-state index contributed by atoms with van der Waals surface area (Å²) < 4.78 is 18.3. The largest absolute Gasteiger partial charge is 0.477 e. The van der Waals surface area contributed by atoms with Gasteiger partial charge in [0.05, 0.1) is 4.92 Å². The molecule has 0 atom stereocenters. The molecule has 2 aromatic carbocycles. The smallest absolute Gasteiger partial charge is 0.311 e. The van der Waals surface area contributed by atoms with E-state index in [9.17, 15) is 19.3 Å². The van der Waals surface area contributed by atoms with E-state index in [-0.39, 0.29) is 5.75 Å². The first-order valence-electron chi connectivity index (χ1n) is 7.45. The standard InChI is InChI=1S/C17H17FN2O4/c1-2-3-12-4-7-14(8-5-12)19-17(21)11-24-16-10-13(18)6-9-15(16)20(22)23/h4-10H,2-3,11H2,1H3,(H,19,21). The molecular weight excluding hydrogens is 315 g/mol. The predicted molar refractivity (Wildman–Crippen MR) is 87.6 cm³/mol. The summed E-state index contributed by atoms with van der Waals surface area (Å²) in [5, 5.41) is 13.5. The zero-order valence-corrected chi connectivity index (χ0v) is 13.1. The lowest BCUT2D eigenvalue weighted by molar-refractivity contribution is -0.385. The van der Waals surface area contributed by atoms with E-state index in [0.717, 1.165) is 31.0 Å². The van der Waals surface area contributed by atoms with Crippen molar-refractivity contribution >= 4 is 17.3 Å². The molecule has 0 aliphatic rings. The molecule has 2 aromatic rings. The third kappa shape index (κ3) is 4.77. The number of rotatable bonds is 7. The van der Waals surface area contributed by atoms with E-state index >= 15 is 0 Å². The molecule has 1 N–H and O–H groups in total. The van der Waals surface area contributed by atoms with Crippen molar-refractivity contribution < 1.29 is 18.8 Å². The molecule has 0 saturated carbocycles. The molecule has 0 heterocycles. The van der Waals surface area contributed by atoms with Gasteiger partial charge in [0.2, 0.25) is 5.75 Å². The van der Waals surface area contributed by atoms with Crippen LogP contribution in [0.4, 0.5) is 15.8 Å². The highest BCUT2D eigenvalue weighted by Gasteiger charge is 2.17. The van der Waals surface area contributed by atoms with E-state index in [0.29, 0.717) is 5.69 Å². The van der Waals surface area contributed by atoms with Gasteiger partial charge < -0.3 is 10.1 Å². The number of carbonyl (C=O) groups excluding carboxylic acids is 1. The van der Waals surface area contributed by atoms with Crippen LogP contribution in [0.25, 0.3) is 0 Å². The Bertz CT molecular complexity index is 732. The van der Waals surface area contributed by atoms with E-state index in [1.165, 1.54) is 5.56 Å². The van der Waals surface area contributed by atoms with Gasteiger partial charge in [-0.2, -0.15) is 0 Å². The lowest BCUT2D eigenvalue weighted by Crippen LogP contribution is -2.20. The zero-order chi connectivity index (χ0) is 17.5. The summed E-state index contributed by atoms with van der Waals surface area (Å²) in [5.41, 5.74) is 1.37. The summed E-state index contributed by atoms with van der Waals surface area (Å²) in [5.74, 6) is -1.45. The number of nitrogens with zero attached hydrogens (tertiary/aromatic N) is 1. The summed E-state index contributed by atoms with van der Waals surface area (Å²) in [6, 6.07) is 10.2. The normalized spacial score (nSPS) is 10.2. The van der Waals surface area contributed by atoms with Crippen molar-refractivity contribution in [2.75, 3.05) is 11.9 Å². The van der Waals surface area contributed by atoms with Gasteiger partial charge in [0.1, 0.15) is 5.82 Å². The van der Waals surface area contributed by atoms with Gasteiger partial charge in [-0.1, -0.05) is 25.5 Å². The summed E-state index contributed by atoms with van der Waals surface area (Å²) in [6.07, 6.45) is 1.99. The molecule has 0 aliphatic heterocycles. The van der Waals surface area contributed by atoms with Crippen LogP contribution >= 0.6 is 0 Å². The zero-order valence-electron chi connectivity index (χ0n) is 13.1. The molecule has 0 unspecified atom stereocenters. The number of nitrogens with one attached hydrogen (secondary N) is 1. The summed E-state index contributed by atoms with van der Waals surface area (Å²) >= 11 is 0. The highest BCUT2D eigenvalue weighted by Crippen LogP contribution is 2.27. The molecule has 0 saturated heterocycles. The highest BCUT2D eigenvalue weighted by atomic mass is 19.1. The monoisotopic (exact) mass is 332 g/mol. The number of anilines is 1. The molecule has 1 amide bonds. The Kier molecular flexibility index (Phi) is 5.83. The van der Waals surface area contributed by atoms with E-state index in [1.54, 1.807) is 12.1 Å². The van der Waals surface area contributed by atoms with Gasteiger partial charge in [-0.05, 0) is 30.2 Å². The molecule has 0 fully saturated rings. The average molecular weight is 332 g/mol. The number of carbonyl (C=O) groups is 1. The molecule has 0 aromatic heterocycles. The molecule has 0 spiro atoms. The van der Waals surface area contributed by atoms with Crippen molar-refractivity contribution in [3.63, 3.8) is 0 Å². The van der Waals surface area contributed by atoms with Crippen LogP contribution in [0, 0.1) is 15.9 Å². The molecule has 0 aliphatic carbocycles. The lowest BCUT2D eigenvalue weighted by atomic mass is 10.1. The summed E-state index contributed by atoms with van der Waals surface area (Å²) in [7, 11) is 0. The lowest BCUT2D eigenvalue weighted by Gasteiger charge is -2.08. The third-order valence-corrected chi connectivity index (χ3v) is 3.25. The van der Waals surface area contributed by atoms with Crippen LogP contribution in [0.2, 0.25) is 0 Å².